The number of rotatable bonds is 1. The van der Waals surface area contributed by atoms with Crippen molar-refractivity contribution in [2.45, 2.75) is 39.5 Å². The van der Waals surface area contributed by atoms with Crippen LogP contribution < -0.4 is 0 Å². The van der Waals surface area contributed by atoms with Gasteiger partial charge in [0, 0.05) is 5.41 Å². The van der Waals surface area contributed by atoms with Crippen molar-refractivity contribution in [1.82, 2.24) is 4.98 Å². The molecule has 0 saturated carbocycles. The van der Waals surface area contributed by atoms with Crippen LogP contribution in [0.3, 0.4) is 0 Å². The first kappa shape index (κ1) is 8.31. The smallest absolute Gasteiger partial charge is 0.199 e. The highest BCUT2D eigenvalue weighted by Crippen LogP contribution is 2.20. The van der Waals surface area contributed by atoms with Gasteiger partial charge >= 0.3 is 0 Å². The average Bonchev–Trinajstić information content (AvgIpc) is 2.32. The fraction of sp³-hybridized carbons (Fsp3) is 0.667. The summed E-state index contributed by atoms with van der Waals surface area (Å²) in [6, 6.07) is 0. The Morgan fingerprint density at radius 1 is 1.45 bits per heavy atom. The molecule has 0 aliphatic carbocycles. The SMILES string of the molecule is CCc1coc(C(C)(C)C)n1. The Morgan fingerprint density at radius 2 is 2.09 bits per heavy atom. The number of oxazole rings is 1. The van der Waals surface area contributed by atoms with Crippen LogP contribution in [0.5, 0.6) is 0 Å². The van der Waals surface area contributed by atoms with Crippen LogP contribution in [0.15, 0.2) is 10.7 Å². The molecule has 0 fully saturated rings. The zero-order valence-electron chi connectivity index (χ0n) is 7.64. The molecule has 0 aliphatic rings. The maximum absolute atomic E-state index is 5.31. The maximum atomic E-state index is 5.31. The normalized spacial score (nSPS) is 12.0. The number of aryl methyl sites for hydroxylation is 1. The van der Waals surface area contributed by atoms with Gasteiger partial charge in [-0.2, -0.15) is 0 Å². The quantitative estimate of drug-likeness (QED) is 0.619. The number of aromatic nitrogens is 1. The summed E-state index contributed by atoms with van der Waals surface area (Å²) in [6.07, 6.45) is 2.68. The van der Waals surface area contributed by atoms with Gasteiger partial charge in [-0.3, -0.25) is 0 Å². The minimum atomic E-state index is 0.0351. The summed E-state index contributed by atoms with van der Waals surface area (Å²) in [6.45, 7) is 8.36. The summed E-state index contributed by atoms with van der Waals surface area (Å²) in [4.78, 5) is 4.33. The largest absolute Gasteiger partial charge is 0.448 e. The van der Waals surface area contributed by atoms with E-state index in [2.05, 4.69) is 32.7 Å². The molecule has 1 rings (SSSR count). The van der Waals surface area contributed by atoms with Gasteiger partial charge < -0.3 is 4.42 Å². The fourth-order valence-corrected chi connectivity index (χ4v) is 0.814. The molecule has 1 aromatic heterocycles. The van der Waals surface area contributed by atoms with Gasteiger partial charge in [-0.25, -0.2) is 4.98 Å². The Labute approximate surface area is 67.6 Å². The van der Waals surface area contributed by atoms with Gasteiger partial charge in [0.25, 0.3) is 0 Å². The molecule has 0 aromatic carbocycles. The van der Waals surface area contributed by atoms with E-state index in [9.17, 15) is 0 Å². The van der Waals surface area contributed by atoms with Gasteiger partial charge in [-0.1, -0.05) is 27.7 Å². The van der Waals surface area contributed by atoms with Crippen LogP contribution in [0.25, 0.3) is 0 Å². The van der Waals surface area contributed by atoms with Gasteiger partial charge in [-0.15, -0.1) is 0 Å². The molecule has 62 valence electrons. The molecule has 0 bridgehead atoms. The Kier molecular flexibility index (Phi) is 2.03. The lowest BCUT2D eigenvalue weighted by atomic mass is 9.97. The number of nitrogens with zero attached hydrogens (tertiary/aromatic N) is 1. The van der Waals surface area contributed by atoms with E-state index in [0.29, 0.717) is 0 Å². The van der Waals surface area contributed by atoms with Crippen molar-refractivity contribution in [2.75, 3.05) is 0 Å². The predicted molar refractivity (Wildman–Crippen MR) is 44.6 cm³/mol. The third kappa shape index (κ3) is 1.82. The van der Waals surface area contributed by atoms with Crippen molar-refractivity contribution in [1.29, 1.82) is 0 Å². The Hall–Kier alpha value is -0.790. The van der Waals surface area contributed by atoms with Crippen LogP contribution >= 0.6 is 0 Å². The van der Waals surface area contributed by atoms with Crippen molar-refractivity contribution in [2.24, 2.45) is 0 Å². The zero-order chi connectivity index (χ0) is 8.48. The topological polar surface area (TPSA) is 26.0 Å². The third-order valence-corrected chi connectivity index (χ3v) is 1.56. The van der Waals surface area contributed by atoms with Crippen LogP contribution in [0.2, 0.25) is 0 Å². The van der Waals surface area contributed by atoms with Crippen LogP contribution in [0.4, 0.5) is 0 Å². The molecular formula is C9H15NO. The fourth-order valence-electron chi connectivity index (χ4n) is 0.814. The van der Waals surface area contributed by atoms with E-state index in [1.165, 1.54) is 0 Å². The van der Waals surface area contributed by atoms with E-state index < -0.39 is 0 Å². The number of hydrogen-bond acceptors (Lipinski definition) is 2. The maximum Gasteiger partial charge on any atom is 0.199 e. The molecular weight excluding hydrogens is 138 g/mol. The molecule has 0 amide bonds. The van der Waals surface area contributed by atoms with Crippen LogP contribution in [-0.4, -0.2) is 4.98 Å². The van der Waals surface area contributed by atoms with Crippen LogP contribution in [0, 0.1) is 0 Å². The van der Waals surface area contributed by atoms with Gasteiger partial charge in [0.2, 0.25) is 0 Å². The van der Waals surface area contributed by atoms with Gasteiger partial charge in [0.15, 0.2) is 5.89 Å². The first-order chi connectivity index (χ1) is 5.04. The van der Waals surface area contributed by atoms with Crippen molar-refractivity contribution in [3.05, 3.63) is 17.8 Å². The second kappa shape index (κ2) is 2.68. The molecule has 0 saturated heterocycles. The second-order valence-corrected chi connectivity index (χ2v) is 3.75. The number of hydrogen-bond donors (Lipinski definition) is 0. The lowest BCUT2D eigenvalue weighted by molar-refractivity contribution is 0.392. The highest BCUT2D eigenvalue weighted by Gasteiger charge is 2.19. The molecule has 11 heavy (non-hydrogen) atoms. The molecule has 0 atom stereocenters. The molecule has 2 heteroatoms. The molecule has 1 heterocycles. The summed E-state index contributed by atoms with van der Waals surface area (Å²) in [5.41, 5.74) is 1.07. The van der Waals surface area contributed by atoms with E-state index in [-0.39, 0.29) is 5.41 Å². The van der Waals surface area contributed by atoms with Crippen molar-refractivity contribution in [3.63, 3.8) is 0 Å². The summed E-state index contributed by atoms with van der Waals surface area (Å²) >= 11 is 0. The van der Waals surface area contributed by atoms with Crippen LogP contribution in [0.1, 0.15) is 39.3 Å². The van der Waals surface area contributed by atoms with E-state index in [0.717, 1.165) is 18.0 Å². The summed E-state index contributed by atoms with van der Waals surface area (Å²) in [7, 11) is 0. The highest BCUT2D eigenvalue weighted by molar-refractivity contribution is 5.03. The molecule has 2 nitrogen and oxygen atoms in total. The zero-order valence-corrected chi connectivity index (χ0v) is 7.64. The third-order valence-electron chi connectivity index (χ3n) is 1.56. The van der Waals surface area contributed by atoms with E-state index in [4.69, 9.17) is 4.42 Å². The Morgan fingerprint density at radius 3 is 2.36 bits per heavy atom. The molecule has 0 aliphatic heterocycles. The van der Waals surface area contributed by atoms with Gasteiger partial charge in [0.05, 0.1) is 5.69 Å². The van der Waals surface area contributed by atoms with Crippen molar-refractivity contribution >= 4 is 0 Å². The molecule has 0 spiro atoms. The Balaban J connectivity index is 2.89. The minimum Gasteiger partial charge on any atom is -0.448 e. The second-order valence-electron chi connectivity index (χ2n) is 3.75. The molecule has 0 unspecified atom stereocenters. The standard InChI is InChI=1S/C9H15NO/c1-5-7-6-11-8(10-7)9(2,3)4/h6H,5H2,1-4H3. The first-order valence-corrected chi connectivity index (χ1v) is 3.99. The van der Waals surface area contributed by atoms with Crippen molar-refractivity contribution in [3.8, 4) is 0 Å². The highest BCUT2D eigenvalue weighted by atomic mass is 16.3. The Bertz CT molecular complexity index is 232. The summed E-state index contributed by atoms with van der Waals surface area (Å²) in [5, 5.41) is 0. The molecule has 1 aromatic rings. The van der Waals surface area contributed by atoms with Crippen LogP contribution in [-0.2, 0) is 11.8 Å². The monoisotopic (exact) mass is 153 g/mol. The molecule has 0 radical (unpaired) electrons. The van der Waals surface area contributed by atoms with Crippen molar-refractivity contribution < 1.29 is 4.42 Å². The van der Waals surface area contributed by atoms with Gasteiger partial charge in [0.1, 0.15) is 6.26 Å². The van der Waals surface area contributed by atoms with E-state index in [1.54, 1.807) is 6.26 Å². The lowest BCUT2D eigenvalue weighted by Crippen LogP contribution is -2.11. The first-order valence-electron chi connectivity index (χ1n) is 3.99. The lowest BCUT2D eigenvalue weighted by Gasteiger charge is -2.11. The summed E-state index contributed by atoms with van der Waals surface area (Å²) < 4.78 is 5.31. The van der Waals surface area contributed by atoms with Gasteiger partial charge in [-0.05, 0) is 6.42 Å². The van der Waals surface area contributed by atoms with E-state index in [1.807, 2.05) is 0 Å². The molecule has 0 N–H and O–H groups in total. The average molecular weight is 153 g/mol. The van der Waals surface area contributed by atoms with E-state index >= 15 is 0 Å². The minimum absolute atomic E-state index is 0.0351. The summed E-state index contributed by atoms with van der Waals surface area (Å²) in [5.74, 6) is 0.828. The predicted octanol–water partition coefficient (Wildman–Crippen LogP) is 2.53.